The number of unbranched alkanes of at least 4 members (excludes halogenated alkanes) is 2. The lowest BCUT2D eigenvalue weighted by Gasteiger charge is -2.18. The van der Waals surface area contributed by atoms with Crippen LogP contribution in [0.25, 0.3) is 6.08 Å². The summed E-state index contributed by atoms with van der Waals surface area (Å²) in [6, 6.07) is 6.12. The first kappa shape index (κ1) is 25.3. The number of methoxy groups -OCH3 is 1. The van der Waals surface area contributed by atoms with Crippen molar-refractivity contribution in [2.75, 3.05) is 13.7 Å². The van der Waals surface area contributed by atoms with Crippen molar-refractivity contribution in [1.29, 1.82) is 0 Å². The molecule has 0 spiro atoms. The third-order valence-corrected chi connectivity index (χ3v) is 6.07. The van der Waals surface area contributed by atoms with Crippen molar-refractivity contribution >= 4 is 12.0 Å². The van der Waals surface area contributed by atoms with Crippen LogP contribution in [0.15, 0.2) is 24.3 Å². The zero-order chi connectivity index (χ0) is 22.2. The van der Waals surface area contributed by atoms with E-state index in [1.165, 1.54) is 70.6 Å². The molecule has 0 aliphatic heterocycles. The van der Waals surface area contributed by atoms with E-state index < -0.39 is 0 Å². The first-order valence-corrected chi connectivity index (χ1v) is 12.5. The van der Waals surface area contributed by atoms with Crippen LogP contribution in [0.2, 0.25) is 0 Å². The van der Waals surface area contributed by atoms with Crippen LogP contribution in [-0.2, 0) is 4.79 Å². The number of rotatable bonds is 9. The van der Waals surface area contributed by atoms with Crippen LogP contribution in [0.3, 0.4) is 0 Å². The van der Waals surface area contributed by atoms with Gasteiger partial charge in [0.2, 0.25) is 5.91 Å². The van der Waals surface area contributed by atoms with E-state index >= 15 is 0 Å². The molecule has 1 aromatic carbocycles. The van der Waals surface area contributed by atoms with Gasteiger partial charge in [0.15, 0.2) is 11.5 Å². The average Bonchev–Trinajstić information content (AvgIpc) is 2.77. The van der Waals surface area contributed by atoms with Crippen LogP contribution in [0.5, 0.6) is 11.5 Å². The van der Waals surface area contributed by atoms with Gasteiger partial charge in [-0.05, 0) is 43.0 Å². The normalized spacial score (nSPS) is 17.0. The Hall–Kier alpha value is -1.97. The Morgan fingerprint density at radius 3 is 2.23 bits per heavy atom. The average molecular weight is 430 g/mol. The Kier molecular flexibility index (Phi) is 12.9. The van der Waals surface area contributed by atoms with Gasteiger partial charge in [0.1, 0.15) is 0 Å². The maximum atomic E-state index is 12.5. The van der Waals surface area contributed by atoms with E-state index in [9.17, 15) is 4.79 Å². The van der Waals surface area contributed by atoms with Crippen molar-refractivity contribution in [2.24, 2.45) is 0 Å². The van der Waals surface area contributed by atoms with Crippen molar-refractivity contribution in [2.45, 2.75) is 103 Å². The summed E-state index contributed by atoms with van der Waals surface area (Å²) in [4.78, 5) is 12.5. The Morgan fingerprint density at radius 2 is 1.61 bits per heavy atom. The monoisotopic (exact) mass is 429 g/mol. The standard InChI is InChI=1S/C27H43NO3/c1-3-4-14-21-31-25-19-17-23(22-26(25)30-2)18-20-27(29)28-24-15-12-10-8-6-5-7-9-11-13-16-24/h17-20,22,24H,3-16,21H2,1-2H3,(H,28,29)/b20-18+. The summed E-state index contributed by atoms with van der Waals surface area (Å²) in [6.45, 7) is 2.88. The van der Waals surface area contributed by atoms with E-state index in [1.54, 1.807) is 13.2 Å². The van der Waals surface area contributed by atoms with Gasteiger partial charge in [-0.25, -0.2) is 0 Å². The number of hydrogen-bond acceptors (Lipinski definition) is 3. The van der Waals surface area contributed by atoms with Crippen molar-refractivity contribution in [3.05, 3.63) is 29.8 Å². The highest BCUT2D eigenvalue weighted by Gasteiger charge is 2.11. The van der Waals surface area contributed by atoms with Crippen LogP contribution in [0, 0.1) is 0 Å². The summed E-state index contributed by atoms with van der Waals surface area (Å²) in [7, 11) is 1.65. The van der Waals surface area contributed by atoms with Crippen molar-refractivity contribution in [3.63, 3.8) is 0 Å². The third kappa shape index (κ3) is 10.8. The van der Waals surface area contributed by atoms with E-state index in [0.29, 0.717) is 18.4 Å². The predicted molar refractivity (Wildman–Crippen MR) is 130 cm³/mol. The van der Waals surface area contributed by atoms with Gasteiger partial charge in [0, 0.05) is 12.1 Å². The van der Waals surface area contributed by atoms with Gasteiger partial charge in [0.05, 0.1) is 13.7 Å². The molecule has 4 nitrogen and oxygen atoms in total. The van der Waals surface area contributed by atoms with E-state index in [4.69, 9.17) is 9.47 Å². The molecular formula is C27H43NO3. The number of nitrogens with one attached hydrogen (secondary N) is 1. The maximum Gasteiger partial charge on any atom is 0.244 e. The molecule has 1 amide bonds. The Bertz CT molecular complexity index is 644. The van der Waals surface area contributed by atoms with Gasteiger partial charge in [-0.3, -0.25) is 4.79 Å². The molecule has 1 fully saturated rings. The summed E-state index contributed by atoms with van der Waals surface area (Å²) in [5.41, 5.74) is 0.937. The minimum atomic E-state index is -0.00375. The Balaban J connectivity index is 1.86. The maximum absolute atomic E-state index is 12.5. The van der Waals surface area contributed by atoms with Gasteiger partial charge in [0.25, 0.3) is 0 Å². The van der Waals surface area contributed by atoms with E-state index in [2.05, 4.69) is 12.2 Å². The van der Waals surface area contributed by atoms with Crippen LogP contribution >= 0.6 is 0 Å². The molecule has 0 radical (unpaired) electrons. The second-order valence-corrected chi connectivity index (χ2v) is 8.76. The molecule has 0 saturated heterocycles. The largest absolute Gasteiger partial charge is 0.493 e. The molecule has 0 aromatic heterocycles. The lowest BCUT2D eigenvalue weighted by Crippen LogP contribution is -2.33. The SMILES string of the molecule is CCCCCOc1ccc(/C=C/C(=O)NC2CCCCCCCCCCC2)cc1OC. The topological polar surface area (TPSA) is 47.6 Å². The molecule has 1 aromatic rings. The summed E-state index contributed by atoms with van der Waals surface area (Å²) in [6.07, 6.45) is 20.9. The van der Waals surface area contributed by atoms with Gasteiger partial charge in [-0.2, -0.15) is 0 Å². The summed E-state index contributed by atoms with van der Waals surface area (Å²) in [5.74, 6) is 1.46. The second kappa shape index (κ2) is 15.8. The molecule has 1 N–H and O–H groups in total. The number of carbonyl (C=O) groups is 1. The molecule has 4 heteroatoms. The predicted octanol–water partition coefficient (Wildman–Crippen LogP) is 7.07. The second-order valence-electron chi connectivity index (χ2n) is 8.76. The number of benzene rings is 1. The highest BCUT2D eigenvalue weighted by Crippen LogP contribution is 2.28. The molecule has 2 rings (SSSR count). The van der Waals surface area contributed by atoms with Crippen LogP contribution in [0.4, 0.5) is 0 Å². The Labute approximate surface area is 189 Å². The minimum absolute atomic E-state index is 0.00375. The number of hydrogen-bond donors (Lipinski definition) is 1. The van der Waals surface area contributed by atoms with Gasteiger partial charge in [-0.15, -0.1) is 0 Å². The number of carbonyl (C=O) groups excluding carboxylic acids is 1. The molecule has 31 heavy (non-hydrogen) atoms. The lowest BCUT2D eigenvalue weighted by atomic mass is 9.98. The van der Waals surface area contributed by atoms with E-state index in [-0.39, 0.29) is 5.91 Å². The van der Waals surface area contributed by atoms with Crippen molar-refractivity contribution in [1.82, 2.24) is 5.32 Å². The van der Waals surface area contributed by atoms with Gasteiger partial charge < -0.3 is 14.8 Å². The van der Waals surface area contributed by atoms with E-state index in [1.807, 2.05) is 24.3 Å². The summed E-state index contributed by atoms with van der Waals surface area (Å²) in [5, 5.41) is 3.24. The van der Waals surface area contributed by atoms with Gasteiger partial charge in [-0.1, -0.05) is 83.6 Å². The zero-order valence-corrected chi connectivity index (χ0v) is 19.8. The smallest absolute Gasteiger partial charge is 0.244 e. The highest BCUT2D eigenvalue weighted by atomic mass is 16.5. The third-order valence-electron chi connectivity index (χ3n) is 6.07. The molecule has 0 atom stereocenters. The van der Waals surface area contributed by atoms with Crippen LogP contribution in [0.1, 0.15) is 102 Å². The molecule has 174 valence electrons. The highest BCUT2D eigenvalue weighted by molar-refractivity contribution is 5.92. The minimum Gasteiger partial charge on any atom is -0.493 e. The number of ether oxygens (including phenoxy) is 2. The van der Waals surface area contributed by atoms with Gasteiger partial charge >= 0.3 is 0 Å². The molecule has 1 aliphatic carbocycles. The molecule has 1 saturated carbocycles. The Morgan fingerprint density at radius 1 is 0.968 bits per heavy atom. The molecule has 0 unspecified atom stereocenters. The summed E-state index contributed by atoms with van der Waals surface area (Å²) < 4.78 is 11.3. The van der Waals surface area contributed by atoms with Crippen molar-refractivity contribution in [3.8, 4) is 11.5 Å². The molecule has 1 aliphatic rings. The zero-order valence-electron chi connectivity index (χ0n) is 19.8. The fourth-order valence-corrected chi connectivity index (χ4v) is 4.17. The molecular weight excluding hydrogens is 386 g/mol. The fraction of sp³-hybridized carbons (Fsp3) is 0.667. The molecule has 0 bridgehead atoms. The quantitative estimate of drug-likeness (QED) is 0.337. The van der Waals surface area contributed by atoms with Crippen LogP contribution < -0.4 is 14.8 Å². The molecule has 0 heterocycles. The first-order valence-electron chi connectivity index (χ1n) is 12.5. The summed E-state index contributed by atoms with van der Waals surface area (Å²) >= 11 is 0. The first-order chi connectivity index (χ1) is 15.2. The van der Waals surface area contributed by atoms with E-state index in [0.717, 1.165) is 30.6 Å². The lowest BCUT2D eigenvalue weighted by molar-refractivity contribution is -0.117. The number of amides is 1. The van der Waals surface area contributed by atoms with Crippen molar-refractivity contribution < 1.29 is 14.3 Å². The van der Waals surface area contributed by atoms with Crippen LogP contribution in [-0.4, -0.2) is 25.7 Å². The fourth-order valence-electron chi connectivity index (χ4n) is 4.17.